The van der Waals surface area contributed by atoms with Crippen LogP contribution in [0.4, 0.5) is 5.69 Å². The molecule has 0 saturated carbocycles. The van der Waals surface area contributed by atoms with E-state index in [1.165, 1.54) is 31.4 Å². The van der Waals surface area contributed by atoms with E-state index in [9.17, 15) is 13.2 Å². The van der Waals surface area contributed by atoms with E-state index in [1.54, 1.807) is 6.92 Å². The topological polar surface area (TPSA) is 84.5 Å². The van der Waals surface area contributed by atoms with Gasteiger partial charge in [0.05, 0.1) is 12.7 Å². The molecule has 1 unspecified atom stereocenters. The second-order valence-electron chi connectivity index (χ2n) is 3.80. The van der Waals surface area contributed by atoms with Crippen molar-refractivity contribution in [2.24, 2.45) is 0 Å². The summed E-state index contributed by atoms with van der Waals surface area (Å²) in [4.78, 5) is 11.2. The van der Waals surface area contributed by atoms with Gasteiger partial charge in [-0.2, -0.15) is 13.1 Å². The molecular weight excluding hydrogens is 292 g/mol. The Bertz CT molecular complexity index is 528. The molecule has 6 nitrogen and oxygen atoms in total. The summed E-state index contributed by atoms with van der Waals surface area (Å²) in [5, 5.41) is -0.307. The smallest absolute Gasteiger partial charge is 0.337 e. The molecule has 1 aromatic rings. The number of rotatable bonds is 6. The van der Waals surface area contributed by atoms with Crippen molar-refractivity contribution in [3.8, 4) is 0 Å². The number of hydrogen-bond acceptors (Lipinski definition) is 4. The highest BCUT2D eigenvalue weighted by molar-refractivity contribution is 7.90. The zero-order chi connectivity index (χ0) is 14.5. The van der Waals surface area contributed by atoms with Crippen LogP contribution in [0, 0.1) is 0 Å². The maximum atomic E-state index is 11.6. The fraction of sp³-hybridized carbons (Fsp3) is 0.364. The largest absolute Gasteiger partial charge is 0.465 e. The maximum absolute atomic E-state index is 11.6. The number of ether oxygens (including phenoxy) is 1. The normalized spacial score (nSPS) is 12.8. The summed E-state index contributed by atoms with van der Waals surface area (Å²) in [6.07, 6.45) is 0. The van der Waals surface area contributed by atoms with E-state index >= 15 is 0 Å². The average Bonchev–Trinajstić information content (AvgIpc) is 2.36. The number of nitrogens with one attached hydrogen (secondary N) is 2. The van der Waals surface area contributed by atoms with Crippen molar-refractivity contribution in [3.63, 3.8) is 0 Å². The first-order valence-corrected chi connectivity index (χ1v) is 7.36. The van der Waals surface area contributed by atoms with Gasteiger partial charge in [-0.05, 0) is 31.2 Å². The van der Waals surface area contributed by atoms with Gasteiger partial charge in [0.1, 0.15) is 0 Å². The first-order chi connectivity index (χ1) is 8.84. The van der Waals surface area contributed by atoms with Crippen LogP contribution in [0.1, 0.15) is 17.3 Å². The van der Waals surface area contributed by atoms with E-state index in [0.717, 1.165) is 0 Å². The molecule has 8 heteroatoms. The number of carbonyl (C=O) groups excluding carboxylic acids is 1. The number of halogens is 1. The van der Waals surface area contributed by atoms with Gasteiger partial charge < -0.3 is 4.74 Å². The molecule has 1 aromatic carbocycles. The molecular formula is C11H15ClN2O4S. The van der Waals surface area contributed by atoms with Gasteiger partial charge in [0.2, 0.25) is 0 Å². The van der Waals surface area contributed by atoms with Gasteiger partial charge in [-0.1, -0.05) is 0 Å². The highest BCUT2D eigenvalue weighted by atomic mass is 35.5. The van der Waals surface area contributed by atoms with Gasteiger partial charge in [-0.15, -0.1) is 11.6 Å². The van der Waals surface area contributed by atoms with E-state index in [-0.39, 0.29) is 11.9 Å². The molecule has 0 radical (unpaired) electrons. The molecule has 0 amide bonds. The lowest BCUT2D eigenvalue weighted by Crippen LogP contribution is -2.33. The highest BCUT2D eigenvalue weighted by Gasteiger charge is 2.11. The van der Waals surface area contributed by atoms with Crippen molar-refractivity contribution in [2.45, 2.75) is 12.3 Å². The minimum atomic E-state index is -3.67. The van der Waals surface area contributed by atoms with Crippen LogP contribution in [0.25, 0.3) is 0 Å². The number of hydrogen-bond donors (Lipinski definition) is 2. The summed E-state index contributed by atoms with van der Waals surface area (Å²) in [7, 11) is -2.39. The second-order valence-corrected chi connectivity index (χ2v) is 6.05. The maximum Gasteiger partial charge on any atom is 0.337 e. The van der Waals surface area contributed by atoms with E-state index in [4.69, 9.17) is 11.6 Å². The first-order valence-electron chi connectivity index (χ1n) is 5.44. The molecule has 0 heterocycles. The monoisotopic (exact) mass is 306 g/mol. The molecule has 19 heavy (non-hydrogen) atoms. The van der Waals surface area contributed by atoms with Crippen LogP contribution in [0.15, 0.2) is 24.3 Å². The molecule has 0 bridgehead atoms. The molecule has 0 aliphatic rings. The van der Waals surface area contributed by atoms with Crippen LogP contribution in [0.2, 0.25) is 0 Å². The highest BCUT2D eigenvalue weighted by Crippen LogP contribution is 2.11. The Balaban J connectivity index is 2.70. The lowest BCUT2D eigenvalue weighted by molar-refractivity contribution is 0.0601. The Morgan fingerprint density at radius 1 is 1.37 bits per heavy atom. The Kier molecular flexibility index (Phi) is 5.59. The van der Waals surface area contributed by atoms with Crippen LogP contribution in [-0.4, -0.2) is 33.4 Å². The van der Waals surface area contributed by atoms with Crippen molar-refractivity contribution in [1.29, 1.82) is 0 Å². The Labute approximate surface area is 117 Å². The molecule has 1 atom stereocenters. The zero-order valence-corrected chi connectivity index (χ0v) is 12.1. The summed E-state index contributed by atoms with van der Waals surface area (Å²) in [5.74, 6) is -0.483. The summed E-state index contributed by atoms with van der Waals surface area (Å²) in [5.41, 5.74) is 0.676. The summed E-state index contributed by atoms with van der Waals surface area (Å²) < 4.78 is 32.4. The summed E-state index contributed by atoms with van der Waals surface area (Å²) in [6, 6.07) is 5.87. The van der Waals surface area contributed by atoms with E-state index in [0.29, 0.717) is 11.3 Å². The standard InChI is InChI=1S/C11H15ClN2O4S/c1-8(12)7-13-19(16,17)14-10-5-3-9(4-6-10)11(15)18-2/h3-6,8,13-14H,7H2,1-2H3. The first kappa shape index (κ1) is 15.7. The van der Waals surface area contributed by atoms with Crippen LogP contribution in [-0.2, 0) is 14.9 Å². The summed E-state index contributed by atoms with van der Waals surface area (Å²) in [6.45, 7) is 1.80. The van der Waals surface area contributed by atoms with Crippen LogP contribution in [0.3, 0.4) is 0 Å². The predicted octanol–water partition coefficient (Wildman–Crippen LogP) is 1.35. The third-order valence-electron chi connectivity index (χ3n) is 2.11. The predicted molar refractivity (Wildman–Crippen MR) is 73.6 cm³/mol. The number of methoxy groups -OCH3 is 1. The molecule has 0 aliphatic heterocycles. The fourth-order valence-electron chi connectivity index (χ4n) is 1.21. The van der Waals surface area contributed by atoms with Crippen LogP contribution in [0.5, 0.6) is 0 Å². The average molecular weight is 307 g/mol. The molecule has 106 valence electrons. The number of benzene rings is 1. The van der Waals surface area contributed by atoms with Gasteiger partial charge in [0.25, 0.3) is 10.2 Å². The van der Waals surface area contributed by atoms with Gasteiger partial charge in [-0.3, -0.25) is 4.72 Å². The third kappa shape index (κ3) is 5.46. The van der Waals surface area contributed by atoms with E-state index in [2.05, 4.69) is 14.2 Å². The molecule has 2 N–H and O–H groups in total. The van der Waals surface area contributed by atoms with Gasteiger partial charge in [0.15, 0.2) is 0 Å². The number of anilines is 1. The van der Waals surface area contributed by atoms with Gasteiger partial charge in [-0.25, -0.2) is 4.79 Å². The second kappa shape index (κ2) is 6.74. The van der Waals surface area contributed by atoms with Crippen molar-refractivity contribution < 1.29 is 17.9 Å². The van der Waals surface area contributed by atoms with Crippen molar-refractivity contribution in [2.75, 3.05) is 18.4 Å². The van der Waals surface area contributed by atoms with Crippen molar-refractivity contribution >= 4 is 33.5 Å². The fourth-order valence-corrected chi connectivity index (χ4v) is 2.36. The molecule has 0 aromatic heterocycles. The number of esters is 1. The van der Waals surface area contributed by atoms with Gasteiger partial charge >= 0.3 is 5.97 Å². The molecule has 0 saturated heterocycles. The Morgan fingerprint density at radius 3 is 2.42 bits per heavy atom. The Hall–Kier alpha value is -1.31. The van der Waals surface area contributed by atoms with E-state index in [1.807, 2.05) is 0 Å². The van der Waals surface area contributed by atoms with Crippen molar-refractivity contribution in [3.05, 3.63) is 29.8 Å². The number of carbonyl (C=O) groups is 1. The lowest BCUT2D eigenvalue weighted by atomic mass is 10.2. The lowest BCUT2D eigenvalue weighted by Gasteiger charge is -2.10. The quantitative estimate of drug-likeness (QED) is 0.614. The van der Waals surface area contributed by atoms with Crippen molar-refractivity contribution in [1.82, 2.24) is 4.72 Å². The summed E-state index contributed by atoms with van der Waals surface area (Å²) >= 11 is 5.65. The van der Waals surface area contributed by atoms with Gasteiger partial charge in [0, 0.05) is 17.6 Å². The van der Waals surface area contributed by atoms with Crippen LogP contribution < -0.4 is 9.44 Å². The minimum Gasteiger partial charge on any atom is -0.465 e. The minimum absolute atomic E-state index is 0.122. The third-order valence-corrected chi connectivity index (χ3v) is 3.32. The molecule has 0 fully saturated rings. The zero-order valence-electron chi connectivity index (χ0n) is 10.5. The Morgan fingerprint density at radius 2 is 1.95 bits per heavy atom. The number of alkyl halides is 1. The van der Waals surface area contributed by atoms with Crippen LogP contribution >= 0.6 is 11.6 Å². The van der Waals surface area contributed by atoms with E-state index < -0.39 is 16.2 Å². The molecule has 0 aliphatic carbocycles. The SMILES string of the molecule is COC(=O)c1ccc(NS(=O)(=O)NCC(C)Cl)cc1. The molecule has 1 rings (SSSR count). The molecule has 0 spiro atoms.